The van der Waals surface area contributed by atoms with Crippen molar-refractivity contribution < 1.29 is 4.84 Å². The van der Waals surface area contributed by atoms with Crippen LogP contribution in [-0.4, -0.2) is 18.7 Å². The molecule has 0 bridgehead atoms. The van der Waals surface area contributed by atoms with Crippen LogP contribution in [0.2, 0.25) is 0 Å². The van der Waals surface area contributed by atoms with Gasteiger partial charge in [0.15, 0.2) is 0 Å². The van der Waals surface area contributed by atoms with Gasteiger partial charge in [0.25, 0.3) is 0 Å². The number of hydrogen-bond donors (Lipinski definition) is 0. The van der Waals surface area contributed by atoms with Gasteiger partial charge >= 0.3 is 0 Å². The Morgan fingerprint density at radius 2 is 1.55 bits per heavy atom. The average molecular weight is 264 g/mol. The van der Waals surface area contributed by atoms with E-state index in [2.05, 4.69) is 30.3 Å². The van der Waals surface area contributed by atoms with Crippen molar-refractivity contribution in [3.05, 3.63) is 71.8 Å². The van der Waals surface area contributed by atoms with Crippen molar-refractivity contribution in [1.29, 1.82) is 5.26 Å². The van der Waals surface area contributed by atoms with Crippen LogP contribution in [0.4, 0.5) is 0 Å². The van der Waals surface area contributed by atoms with Crippen LogP contribution in [0.25, 0.3) is 0 Å². The van der Waals surface area contributed by atoms with Gasteiger partial charge in [0.2, 0.25) is 0 Å². The van der Waals surface area contributed by atoms with Gasteiger partial charge in [0.05, 0.1) is 12.7 Å². The van der Waals surface area contributed by atoms with Crippen molar-refractivity contribution in [3.8, 4) is 6.07 Å². The molecule has 3 heteroatoms. The maximum absolute atomic E-state index is 9.59. The summed E-state index contributed by atoms with van der Waals surface area (Å²) in [5, 5.41) is 11.4. The first-order valence-corrected chi connectivity index (χ1v) is 6.67. The second-order valence-electron chi connectivity index (χ2n) is 4.97. The molecular weight excluding hydrogens is 248 g/mol. The molecule has 2 aromatic rings. The first-order chi connectivity index (χ1) is 9.80. The molecule has 20 heavy (non-hydrogen) atoms. The number of nitrogens with zero attached hydrogens (tertiary/aromatic N) is 2. The lowest BCUT2D eigenvalue weighted by atomic mass is 9.74. The summed E-state index contributed by atoms with van der Waals surface area (Å²) in [5.41, 5.74) is 1.62. The highest BCUT2D eigenvalue weighted by molar-refractivity contribution is 5.41. The zero-order valence-electron chi connectivity index (χ0n) is 11.4. The first-order valence-electron chi connectivity index (χ1n) is 6.67. The van der Waals surface area contributed by atoms with Gasteiger partial charge in [-0.25, -0.2) is 0 Å². The van der Waals surface area contributed by atoms with Crippen LogP contribution in [0.3, 0.4) is 0 Å². The summed E-state index contributed by atoms with van der Waals surface area (Å²) in [6.45, 7) is 0.413. The van der Waals surface area contributed by atoms with E-state index in [0.717, 1.165) is 11.1 Å². The predicted octanol–water partition coefficient (Wildman–Crippen LogP) is 2.95. The SMILES string of the molecule is CN1OCC(C#N)C1(c1ccccc1)c1ccccc1. The highest BCUT2D eigenvalue weighted by Gasteiger charge is 2.51. The summed E-state index contributed by atoms with van der Waals surface area (Å²) in [7, 11) is 1.90. The van der Waals surface area contributed by atoms with E-state index in [1.165, 1.54) is 0 Å². The molecule has 0 amide bonds. The van der Waals surface area contributed by atoms with E-state index < -0.39 is 5.54 Å². The molecule has 0 aromatic heterocycles. The monoisotopic (exact) mass is 264 g/mol. The zero-order chi connectivity index (χ0) is 14.0. The molecule has 1 atom stereocenters. The van der Waals surface area contributed by atoms with Gasteiger partial charge in [-0.2, -0.15) is 10.3 Å². The van der Waals surface area contributed by atoms with Crippen molar-refractivity contribution in [2.75, 3.05) is 13.7 Å². The van der Waals surface area contributed by atoms with Crippen molar-refractivity contribution in [2.24, 2.45) is 5.92 Å². The molecule has 1 aliphatic heterocycles. The zero-order valence-corrected chi connectivity index (χ0v) is 11.4. The molecule has 1 aliphatic rings. The lowest BCUT2D eigenvalue weighted by Crippen LogP contribution is -2.43. The minimum Gasteiger partial charge on any atom is -0.297 e. The summed E-state index contributed by atoms with van der Waals surface area (Å²) in [6, 6.07) is 22.6. The average Bonchev–Trinajstić information content (AvgIpc) is 2.86. The summed E-state index contributed by atoms with van der Waals surface area (Å²) in [5.74, 6) is -0.239. The fourth-order valence-corrected chi connectivity index (χ4v) is 3.08. The van der Waals surface area contributed by atoms with Crippen LogP contribution in [0, 0.1) is 17.2 Å². The number of hydrogen-bond acceptors (Lipinski definition) is 3. The van der Waals surface area contributed by atoms with Gasteiger partial charge in [0.1, 0.15) is 11.5 Å². The standard InChI is InChI=1S/C17H16N2O/c1-19-17(16(12-18)13-20-19,14-8-4-2-5-9-14)15-10-6-3-7-11-15/h2-11,16H,13H2,1H3. The Bertz CT molecular complexity index is 579. The number of nitriles is 1. The third-order valence-corrected chi connectivity index (χ3v) is 4.02. The summed E-state index contributed by atoms with van der Waals surface area (Å²) in [6.07, 6.45) is 0. The maximum atomic E-state index is 9.59. The van der Waals surface area contributed by atoms with Gasteiger partial charge in [-0.05, 0) is 11.1 Å². The minimum absolute atomic E-state index is 0.239. The van der Waals surface area contributed by atoms with Crippen LogP contribution < -0.4 is 0 Å². The van der Waals surface area contributed by atoms with Crippen molar-refractivity contribution in [2.45, 2.75) is 5.54 Å². The molecule has 100 valence electrons. The number of benzene rings is 2. The van der Waals surface area contributed by atoms with E-state index >= 15 is 0 Å². The molecule has 2 aromatic carbocycles. The molecule has 0 aliphatic carbocycles. The van der Waals surface area contributed by atoms with E-state index in [1.807, 2.05) is 48.5 Å². The van der Waals surface area contributed by atoms with Gasteiger partial charge < -0.3 is 0 Å². The Kier molecular flexibility index (Phi) is 3.27. The van der Waals surface area contributed by atoms with Crippen LogP contribution in [0.15, 0.2) is 60.7 Å². The molecule has 0 saturated carbocycles. The normalized spacial score (nSPS) is 21.5. The molecule has 0 spiro atoms. The smallest absolute Gasteiger partial charge is 0.114 e. The Balaban J connectivity index is 2.26. The van der Waals surface area contributed by atoms with Crippen molar-refractivity contribution in [1.82, 2.24) is 5.06 Å². The number of rotatable bonds is 2. The van der Waals surface area contributed by atoms with Crippen LogP contribution in [-0.2, 0) is 10.4 Å². The maximum Gasteiger partial charge on any atom is 0.114 e. The van der Waals surface area contributed by atoms with E-state index in [4.69, 9.17) is 4.84 Å². The highest BCUT2D eigenvalue weighted by atomic mass is 16.7. The van der Waals surface area contributed by atoms with E-state index in [9.17, 15) is 5.26 Å². The summed E-state index contributed by atoms with van der Waals surface area (Å²) >= 11 is 0. The third-order valence-electron chi connectivity index (χ3n) is 4.02. The fourth-order valence-electron chi connectivity index (χ4n) is 3.08. The molecule has 1 fully saturated rings. The van der Waals surface area contributed by atoms with E-state index in [0.29, 0.717) is 6.61 Å². The second kappa shape index (κ2) is 5.09. The summed E-state index contributed by atoms with van der Waals surface area (Å²) < 4.78 is 0. The Morgan fingerprint density at radius 1 is 1.05 bits per heavy atom. The Hall–Kier alpha value is -2.15. The molecule has 3 rings (SSSR count). The summed E-state index contributed by atoms with van der Waals surface area (Å²) in [4.78, 5) is 5.69. The molecule has 3 nitrogen and oxygen atoms in total. The van der Waals surface area contributed by atoms with E-state index in [1.54, 1.807) is 0 Å². The molecule has 0 radical (unpaired) electrons. The highest BCUT2D eigenvalue weighted by Crippen LogP contribution is 2.45. The van der Waals surface area contributed by atoms with Crippen LogP contribution >= 0.6 is 0 Å². The molecule has 1 saturated heterocycles. The second-order valence-corrected chi connectivity index (χ2v) is 4.97. The largest absolute Gasteiger partial charge is 0.297 e. The first kappa shape index (κ1) is 12.9. The molecular formula is C17H16N2O. The molecule has 1 unspecified atom stereocenters. The quantitative estimate of drug-likeness (QED) is 0.836. The van der Waals surface area contributed by atoms with Gasteiger partial charge in [0, 0.05) is 7.05 Å². The lowest BCUT2D eigenvalue weighted by molar-refractivity contribution is -0.134. The van der Waals surface area contributed by atoms with Crippen LogP contribution in [0.1, 0.15) is 11.1 Å². The minimum atomic E-state index is -0.544. The van der Waals surface area contributed by atoms with Crippen LogP contribution in [0.5, 0.6) is 0 Å². The Morgan fingerprint density at radius 3 is 2.00 bits per heavy atom. The molecule has 1 heterocycles. The Labute approximate surface area is 119 Å². The topological polar surface area (TPSA) is 36.3 Å². The van der Waals surface area contributed by atoms with Crippen molar-refractivity contribution in [3.63, 3.8) is 0 Å². The molecule has 0 N–H and O–H groups in total. The van der Waals surface area contributed by atoms with Gasteiger partial charge in [-0.1, -0.05) is 60.7 Å². The fraction of sp³-hybridized carbons (Fsp3) is 0.235. The lowest BCUT2D eigenvalue weighted by Gasteiger charge is -2.37. The van der Waals surface area contributed by atoms with Gasteiger partial charge in [-0.15, -0.1) is 0 Å². The van der Waals surface area contributed by atoms with Crippen molar-refractivity contribution >= 4 is 0 Å². The van der Waals surface area contributed by atoms with E-state index in [-0.39, 0.29) is 5.92 Å². The third kappa shape index (κ3) is 1.74. The predicted molar refractivity (Wildman–Crippen MR) is 76.5 cm³/mol. The number of hydroxylamine groups is 2. The van der Waals surface area contributed by atoms with Gasteiger partial charge in [-0.3, -0.25) is 4.84 Å².